The average molecular weight is 420 g/mol. The first-order chi connectivity index (χ1) is 9.04. The average Bonchev–Trinajstić information content (AvgIpc) is 2.11. The van der Waals surface area contributed by atoms with Crippen LogP contribution in [-0.2, 0) is 54.3 Å². The molecule has 0 bridgehead atoms. The van der Waals surface area contributed by atoms with E-state index in [0.717, 1.165) is 0 Å². The Hall–Kier alpha value is -0.217. The standard InChI is InChI=1S/2C5H10N2OS2.Zn/c2*1-3(6-4(2)8)7-5(9)10;/h2*3H,1-2H3,(H,6,8)(H2,7,9,10);/q;;+2/p-2. The zero-order valence-electron chi connectivity index (χ0n) is 12.3. The molecule has 2 amide bonds. The van der Waals surface area contributed by atoms with Crippen LogP contribution in [-0.4, -0.2) is 32.8 Å². The Morgan fingerprint density at radius 2 is 1.05 bits per heavy atom. The molecule has 6 nitrogen and oxygen atoms in total. The molecule has 0 radical (unpaired) electrons. The zero-order valence-corrected chi connectivity index (χ0v) is 18.5. The van der Waals surface area contributed by atoms with Crippen molar-refractivity contribution in [3.8, 4) is 0 Å². The van der Waals surface area contributed by atoms with Gasteiger partial charge >= 0.3 is 19.5 Å². The summed E-state index contributed by atoms with van der Waals surface area (Å²) in [5.74, 6) is -0.211. The van der Waals surface area contributed by atoms with Crippen LogP contribution in [0.1, 0.15) is 27.7 Å². The smallest absolute Gasteiger partial charge is 0.412 e. The van der Waals surface area contributed by atoms with E-state index in [1.807, 2.05) is 0 Å². The Morgan fingerprint density at radius 3 is 1.19 bits per heavy atom. The second kappa shape index (κ2) is 14.7. The Morgan fingerprint density at radius 1 is 0.810 bits per heavy atom. The third-order valence-electron chi connectivity index (χ3n) is 1.51. The molecule has 0 aromatic carbocycles. The number of amides is 2. The molecule has 0 spiro atoms. The van der Waals surface area contributed by atoms with Gasteiger partial charge in [-0.1, -0.05) is 8.64 Å². The van der Waals surface area contributed by atoms with Crippen LogP contribution in [0.4, 0.5) is 0 Å². The van der Waals surface area contributed by atoms with Crippen molar-refractivity contribution in [2.45, 2.75) is 40.0 Å². The van der Waals surface area contributed by atoms with E-state index in [1.165, 1.54) is 13.8 Å². The summed E-state index contributed by atoms with van der Waals surface area (Å²) in [5, 5.41) is 10.5. The fourth-order valence-electron chi connectivity index (χ4n) is 1.04. The molecule has 4 N–H and O–H groups in total. The van der Waals surface area contributed by atoms with Crippen LogP contribution in [0, 0.1) is 0 Å². The van der Waals surface area contributed by atoms with Crippen LogP contribution >= 0.6 is 24.4 Å². The molecule has 0 fully saturated rings. The molecule has 21 heavy (non-hydrogen) atoms. The molecule has 116 valence electrons. The summed E-state index contributed by atoms with van der Waals surface area (Å²) in [6, 6.07) is 0. The maximum absolute atomic E-state index is 10.4. The van der Waals surface area contributed by atoms with E-state index < -0.39 is 0 Å². The Labute approximate surface area is 159 Å². The van der Waals surface area contributed by atoms with Crippen molar-refractivity contribution in [3.63, 3.8) is 0 Å². The minimum atomic E-state index is -0.178. The monoisotopic (exact) mass is 418 g/mol. The minimum absolute atomic E-state index is 0. The molecule has 0 aliphatic heterocycles. The van der Waals surface area contributed by atoms with Gasteiger partial charge in [0.25, 0.3) is 0 Å². The topological polar surface area (TPSA) is 82.3 Å². The second-order valence-electron chi connectivity index (χ2n) is 3.71. The predicted molar refractivity (Wildman–Crippen MR) is 92.8 cm³/mol. The van der Waals surface area contributed by atoms with E-state index in [4.69, 9.17) is 0 Å². The van der Waals surface area contributed by atoms with Crippen molar-refractivity contribution in [3.05, 3.63) is 0 Å². The molecule has 2 unspecified atom stereocenters. The quantitative estimate of drug-likeness (QED) is 0.215. The molecule has 0 saturated heterocycles. The van der Waals surface area contributed by atoms with E-state index in [-0.39, 0.29) is 52.3 Å². The van der Waals surface area contributed by atoms with Gasteiger partial charge < -0.3 is 71.0 Å². The van der Waals surface area contributed by atoms with Crippen molar-refractivity contribution in [2.24, 2.45) is 0 Å². The van der Waals surface area contributed by atoms with Gasteiger partial charge in [-0.2, -0.15) is 0 Å². The molecule has 0 aliphatic rings. The Bertz CT molecular complexity index is 305. The van der Waals surface area contributed by atoms with E-state index >= 15 is 0 Å². The SMILES string of the molecule is CC(=O)NC(C)NC(=S)[S-].CC(=O)NC(C)NC(=S)[S-].[Zn+2]. The van der Waals surface area contributed by atoms with Crippen LogP contribution in [0.25, 0.3) is 0 Å². The predicted octanol–water partition coefficient (Wildman–Crippen LogP) is -0.223. The van der Waals surface area contributed by atoms with Gasteiger partial charge in [-0.05, 0) is 13.8 Å². The van der Waals surface area contributed by atoms with Gasteiger partial charge in [0, 0.05) is 13.8 Å². The van der Waals surface area contributed by atoms with Crippen molar-refractivity contribution >= 4 is 70.1 Å². The van der Waals surface area contributed by atoms with Crippen LogP contribution < -0.4 is 21.3 Å². The fraction of sp³-hybridized carbons (Fsp3) is 0.600. The van der Waals surface area contributed by atoms with Gasteiger partial charge in [0.15, 0.2) is 0 Å². The van der Waals surface area contributed by atoms with Gasteiger partial charge in [0.05, 0.1) is 12.3 Å². The number of carbonyl (C=O) groups is 2. The first kappa shape index (κ1) is 25.7. The third-order valence-corrected chi connectivity index (χ3v) is 1.98. The summed E-state index contributed by atoms with van der Waals surface area (Å²) in [6.07, 6.45) is -0.356. The van der Waals surface area contributed by atoms with Crippen molar-refractivity contribution in [1.29, 1.82) is 0 Å². The van der Waals surface area contributed by atoms with Crippen molar-refractivity contribution in [1.82, 2.24) is 21.3 Å². The Balaban J connectivity index is -0.000000295. The third kappa shape index (κ3) is 25.1. The second-order valence-corrected chi connectivity index (χ2v) is 5.86. The van der Waals surface area contributed by atoms with Gasteiger partial charge in [-0.15, -0.1) is 0 Å². The molecule has 0 aromatic rings. The fourth-order valence-corrected chi connectivity index (χ4v) is 1.74. The summed E-state index contributed by atoms with van der Waals surface area (Å²) in [5.41, 5.74) is 0. The first-order valence-electron chi connectivity index (χ1n) is 5.53. The van der Waals surface area contributed by atoms with Crippen molar-refractivity contribution in [2.75, 3.05) is 0 Å². The number of hydrogen-bond acceptors (Lipinski definition) is 6. The van der Waals surface area contributed by atoms with E-state index in [0.29, 0.717) is 0 Å². The molecule has 0 aliphatic carbocycles. The van der Waals surface area contributed by atoms with E-state index in [1.54, 1.807) is 13.8 Å². The van der Waals surface area contributed by atoms with Crippen LogP contribution in [0.5, 0.6) is 0 Å². The summed E-state index contributed by atoms with van der Waals surface area (Å²) in [7, 11) is 0. The molecular weight excluding hydrogens is 402 g/mol. The molecule has 0 rings (SSSR count). The van der Waals surface area contributed by atoms with Crippen molar-refractivity contribution < 1.29 is 29.1 Å². The molecule has 0 aromatic heterocycles. The van der Waals surface area contributed by atoms with Crippen LogP contribution in [0.15, 0.2) is 0 Å². The largest absolute Gasteiger partial charge is 2.00 e. The van der Waals surface area contributed by atoms with E-state index in [2.05, 4.69) is 71.0 Å². The number of nitrogens with one attached hydrogen (secondary N) is 4. The van der Waals surface area contributed by atoms with Gasteiger partial charge in [0.1, 0.15) is 0 Å². The molecule has 2 atom stereocenters. The number of rotatable bonds is 4. The summed E-state index contributed by atoms with van der Waals surface area (Å²) < 4.78 is 0.530. The van der Waals surface area contributed by atoms with Crippen LogP contribution in [0.3, 0.4) is 0 Å². The molecule has 11 heteroatoms. The summed E-state index contributed by atoms with van der Waals surface area (Å²) in [4.78, 5) is 20.8. The van der Waals surface area contributed by atoms with Gasteiger partial charge in [-0.3, -0.25) is 9.59 Å². The number of hydrogen-bond donors (Lipinski definition) is 4. The van der Waals surface area contributed by atoms with Crippen LogP contribution in [0.2, 0.25) is 0 Å². The maximum Gasteiger partial charge on any atom is 2.00 e. The first-order valence-corrected chi connectivity index (χ1v) is 7.17. The summed E-state index contributed by atoms with van der Waals surface area (Å²) in [6.45, 7) is 6.40. The van der Waals surface area contributed by atoms with Gasteiger partial charge in [0.2, 0.25) is 11.8 Å². The molecule has 0 saturated carbocycles. The van der Waals surface area contributed by atoms with E-state index in [9.17, 15) is 9.59 Å². The number of thiocarbonyl (C=S) groups is 2. The molecule has 0 heterocycles. The number of carbonyl (C=O) groups excluding carboxylic acids is 2. The minimum Gasteiger partial charge on any atom is -0.412 e. The summed E-state index contributed by atoms with van der Waals surface area (Å²) >= 11 is 18.3. The maximum atomic E-state index is 10.4. The normalized spacial score (nSPS) is 11.2. The zero-order chi connectivity index (χ0) is 16.3. The van der Waals surface area contributed by atoms with Gasteiger partial charge in [-0.25, -0.2) is 0 Å². The Kier molecular flexibility index (Phi) is 18.0. The molecular formula is C10H18N4O2S4Zn.